The van der Waals surface area contributed by atoms with E-state index in [-0.39, 0.29) is 0 Å². The number of rotatable bonds is 5. The molecule has 3 aliphatic rings. The highest BCUT2D eigenvalue weighted by molar-refractivity contribution is 5.80. The zero-order chi connectivity index (χ0) is 18.1. The first-order valence-corrected chi connectivity index (χ1v) is 9.99. The first-order chi connectivity index (χ1) is 12.7. The Morgan fingerprint density at radius 2 is 2.23 bits per heavy atom. The molecular weight excluding hydrogens is 326 g/mol. The molecule has 0 radical (unpaired) electrons. The Morgan fingerprint density at radius 1 is 1.38 bits per heavy atom. The van der Waals surface area contributed by atoms with Gasteiger partial charge in [-0.05, 0) is 44.7 Å². The number of fused-ring (bicyclic) bond motifs is 2. The fraction of sp³-hybridized carbons (Fsp3) is 0.667. The third-order valence-corrected chi connectivity index (χ3v) is 6.52. The largest absolute Gasteiger partial charge is 0.494 e. The molecule has 0 amide bonds. The van der Waals surface area contributed by atoms with Crippen LogP contribution in [0.15, 0.2) is 23.2 Å². The van der Waals surface area contributed by atoms with Gasteiger partial charge < -0.3 is 20.1 Å². The van der Waals surface area contributed by atoms with Crippen LogP contribution in [0.2, 0.25) is 0 Å². The average molecular weight is 357 g/mol. The Hall–Kier alpha value is -1.75. The van der Waals surface area contributed by atoms with Crippen LogP contribution in [0.3, 0.4) is 0 Å². The van der Waals surface area contributed by atoms with Gasteiger partial charge in [0.1, 0.15) is 5.75 Å². The quantitative estimate of drug-likeness (QED) is 0.628. The fourth-order valence-electron chi connectivity index (χ4n) is 5.07. The van der Waals surface area contributed by atoms with E-state index in [1.165, 1.54) is 31.2 Å². The standard InChI is InChI=1S/C21H31N3O2/c1-4-25-17-12-14(2)6-7-15(17)13-23-20(22-3)24-18-16-8-11-26-19(16)21(18)9-5-10-21/h6-7,12,16,18-19H,4-5,8-11,13H2,1-3H3,(H2,22,23,24). The van der Waals surface area contributed by atoms with Crippen molar-refractivity contribution in [3.05, 3.63) is 29.3 Å². The summed E-state index contributed by atoms with van der Waals surface area (Å²) in [4.78, 5) is 4.47. The highest BCUT2D eigenvalue weighted by Crippen LogP contribution is 2.62. The van der Waals surface area contributed by atoms with Crippen molar-refractivity contribution in [1.29, 1.82) is 0 Å². The lowest BCUT2D eigenvalue weighted by Gasteiger charge is -2.63. The summed E-state index contributed by atoms with van der Waals surface area (Å²) in [5, 5.41) is 7.21. The van der Waals surface area contributed by atoms with Gasteiger partial charge in [-0.3, -0.25) is 4.99 Å². The average Bonchev–Trinajstić information content (AvgIpc) is 3.00. The molecule has 26 heavy (non-hydrogen) atoms. The predicted octanol–water partition coefficient (Wildman–Crippen LogP) is 3.02. The van der Waals surface area contributed by atoms with E-state index in [0.29, 0.717) is 36.6 Å². The van der Waals surface area contributed by atoms with Gasteiger partial charge in [-0.2, -0.15) is 0 Å². The van der Waals surface area contributed by atoms with Gasteiger partial charge >= 0.3 is 0 Å². The van der Waals surface area contributed by atoms with E-state index in [1.807, 2.05) is 14.0 Å². The van der Waals surface area contributed by atoms with Gasteiger partial charge in [-0.1, -0.05) is 18.6 Å². The van der Waals surface area contributed by atoms with Crippen LogP contribution in [0.25, 0.3) is 0 Å². The topological polar surface area (TPSA) is 54.9 Å². The second-order valence-corrected chi connectivity index (χ2v) is 7.92. The van der Waals surface area contributed by atoms with E-state index >= 15 is 0 Å². The molecule has 1 aromatic rings. The smallest absolute Gasteiger partial charge is 0.191 e. The number of aryl methyl sites for hydroxylation is 1. The molecule has 2 N–H and O–H groups in total. The van der Waals surface area contributed by atoms with Crippen molar-refractivity contribution in [2.45, 2.75) is 58.2 Å². The summed E-state index contributed by atoms with van der Waals surface area (Å²) in [6, 6.07) is 6.87. The molecule has 0 bridgehead atoms. The van der Waals surface area contributed by atoms with Crippen LogP contribution in [0, 0.1) is 18.3 Å². The van der Waals surface area contributed by atoms with Crippen LogP contribution in [0.5, 0.6) is 5.75 Å². The Morgan fingerprint density at radius 3 is 2.92 bits per heavy atom. The highest BCUT2D eigenvalue weighted by Gasteiger charge is 2.66. The fourth-order valence-corrected chi connectivity index (χ4v) is 5.07. The molecule has 1 aromatic carbocycles. The monoisotopic (exact) mass is 357 g/mol. The van der Waals surface area contributed by atoms with Crippen LogP contribution in [-0.2, 0) is 11.3 Å². The maximum absolute atomic E-state index is 6.02. The molecule has 1 heterocycles. The normalized spacial score (nSPS) is 28.9. The Balaban J connectivity index is 1.40. The van der Waals surface area contributed by atoms with E-state index in [1.54, 1.807) is 0 Å². The maximum atomic E-state index is 6.02. The van der Waals surface area contributed by atoms with Gasteiger partial charge in [0.15, 0.2) is 5.96 Å². The van der Waals surface area contributed by atoms with Crippen molar-refractivity contribution in [3.63, 3.8) is 0 Å². The first-order valence-electron chi connectivity index (χ1n) is 9.99. The summed E-state index contributed by atoms with van der Waals surface area (Å²) in [7, 11) is 1.85. The van der Waals surface area contributed by atoms with E-state index in [9.17, 15) is 0 Å². The van der Waals surface area contributed by atoms with E-state index in [0.717, 1.165) is 23.9 Å². The summed E-state index contributed by atoms with van der Waals surface area (Å²) in [5.74, 6) is 2.49. The number of hydrogen-bond acceptors (Lipinski definition) is 3. The molecule has 2 saturated carbocycles. The van der Waals surface area contributed by atoms with Crippen LogP contribution in [0.1, 0.15) is 43.7 Å². The molecule has 5 heteroatoms. The highest BCUT2D eigenvalue weighted by atomic mass is 16.5. The molecule has 1 spiro atoms. The van der Waals surface area contributed by atoms with Crippen molar-refractivity contribution in [1.82, 2.24) is 10.6 Å². The van der Waals surface area contributed by atoms with Gasteiger partial charge in [0.2, 0.25) is 0 Å². The summed E-state index contributed by atoms with van der Waals surface area (Å²) in [6.07, 6.45) is 5.56. The molecule has 0 aromatic heterocycles. The molecule has 1 aliphatic heterocycles. The second kappa shape index (κ2) is 7.10. The second-order valence-electron chi connectivity index (χ2n) is 7.92. The molecule has 5 nitrogen and oxygen atoms in total. The molecule has 4 rings (SSSR count). The van der Waals surface area contributed by atoms with Crippen molar-refractivity contribution in [2.24, 2.45) is 16.3 Å². The zero-order valence-corrected chi connectivity index (χ0v) is 16.2. The minimum atomic E-state index is 0.360. The van der Waals surface area contributed by atoms with E-state index in [2.05, 4.69) is 40.7 Å². The molecule has 3 atom stereocenters. The van der Waals surface area contributed by atoms with Crippen LogP contribution in [-0.4, -0.2) is 38.4 Å². The third-order valence-electron chi connectivity index (χ3n) is 6.52. The Bertz CT molecular complexity index is 684. The number of ether oxygens (including phenoxy) is 2. The maximum Gasteiger partial charge on any atom is 0.191 e. The number of guanidine groups is 1. The van der Waals surface area contributed by atoms with Gasteiger partial charge in [0.25, 0.3) is 0 Å². The van der Waals surface area contributed by atoms with Gasteiger partial charge in [0, 0.05) is 43.1 Å². The molecule has 3 unspecified atom stereocenters. The van der Waals surface area contributed by atoms with Gasteiger partial charge in [0.05, 0.1) is 12.7 Å². The first kappa shape index (κ1) is 17.7. The van der Waals surface area contributed by atoms with Crippen LogP contribution >= 0.6 is 0 Å². The Labute approximate surface area is 156 Å². The molecule has 3 fully saturated rings. The lowest BCUT2D eigenvalue weighted by Crippen LogP contribution is -2.72. The molecule has 1 saturated heterocycles. The number of nitrogens with zero attached hydrogens (tertiary/aromatic N) is 1. The van der Waals surface area contributed by atoms with Crippen molar-refractivity contribution < 1.29 is 9.47 Å². The van der Waals surface area contributed by atoms with Crippen molar-refractivity contribution in [3.8, 4) is 5.75 Å². The van der Waals surface area contributed by atoms with Crippen LogP contribution in [0.4, 0.5) is 0 Å². The minimum Gasteiger partial charge on any atom is -0.494 e. The number of hydrogen-bond donors (Lipinski definition) is 2. The number of aliphatic imine (C=N–C) groups is 1. The predicted molar refractivity (Wildman–Crippen MR) is 104 cm³/mol. The molecular formula is C21H31N3O2. The van der Waals surface area contributed by atoms with Crippen LogP contribution < -0.4 is 15.4 Å². The Kier molecular flexibility index (Phi) is 4.82. The molecule has 142 valence electrons. The minimum absolute atomic E-state index is 0.360. The summed E-state index contributed by atoms with van der Waals surface area (Å²) < 4.78 is 11.8. The SMILES string of the molecule is CCOc1cc(C)ccc1CNC(=NC)NC1C2CCOC2C12CCC2. The lowest BCUT2D eigenvalue weighted by atomic mass is 9.46. The van der Waals surface area contributed by atoms with Gasteiger partial charge in [-0.15, -0.1) is 0 Å². The summed E-state index contributed by atoms with van der Waals surface area (Å²) in [5.41, 5.74) is 2.74. The van der Waals surface area contributed by atoms with E-state index in [4.69, 9.17) is 9.47 Å². The number of nitrogens with one attached hydrogen (secondary N) is 2. The summed E-state index contributed by atoms with van der Waals surface area (Å²) >= 11 is 0. The lowest BCUT2D eigenvalue weighted by molar-refractivity contribution is -0.171. The summed E-state index contributed by atoms with van der Waals surface area (Å²) in [6.45, 7) is 6.42. The zero-order valence-electron chi connectivity index (χ0n) is 16.2. The number of benzene rings is 1. The molecule has 2 aliphatic carbocycles. The van der Waals surface area contributed by atoms with Crippen molar-refractivity contribution in [2.75, 3.05) is 20.3 Å². The van der Waals surface area contributed by atoms with Crippen molar-refractivity contribution >= 4 is 5.96 Å². The van der Waals surface area contributed by atoms with E-state index < -0.39 is 0 Å². The third kappa shape index (κ3) is 2.86. The van der Waals surface area contributed by atoms with Gasteiger partial charge in [-0.25, -0.2) is 0 Å².